The SMILES string of the molecule is CCn1ncc(N)c1C(=O)NC1CCC(OC)C1. The monoisotopic (exact) mass is 252 g/mol. The van der Waals surface area contributed by atoms with E-state index in [1.807, 2.05) is 6.92 Å². The minimum Gasteiger partial charge on any atom is -0.396 e. The molecular weight excluding hydrogens is 232 g/mol. The van der Waals surface area contributed by atoms with E-state index < -0.39 is 0 Å². The maximum atomic E-state index is 12.2. The van der Waals surface area contributed by atoms with Crippen LogP contribution in [-0.4, -0.2) is 34.9 Å². The number of hydrogen-bond acceptors (Lipinski definition) is 4. The minimum absolute atomic E-state index is 0.145. The highest BCUT2D eigenvalue weighted by molar-refractivity contribution is 5.97. The average Bonchev–Trinajstić information content (AvgIpc) is 2.95. The van der Waals surface area contributed by atoms with Crippen molar-refractivity contribution in [3.8, 4) is 0 Å². The Labute approximate surface area is 106 Å². The molecule has 2 unspecified atom stereocenters. The first kappa shape index (κ1) is 12.9. The van der Waals surface area contributed by atoms with E-state index in [0.29, 0.717) is 17.9 Å². The molecule has 0 radical (unpaired) electrons. The number of hydrogen-bond donors (Lipinski definition) is 2. The fourth-order valence-corrected chi connectivity index (χ4v) is 2.43. The summed E-state index contributed by atoms with van der Waals surface area (Å²) < 4.78 is 6.91. The van der Waals surface area contributed by atoms with E-state index in [0.717, 1.165) is 19.3 Å². The largest absolute Gasteiger partial charge is 0.396 e. The van der Waals surface area contributed by atoms with E-state index in [9.17, 15) is 4.79 Å². The molecule has 1 heterocycles. The molecule has 0 spiro atoms. The second kappa shape index (κ2) is 5.39. The van der Waals surface area contributed by atoms with Crippen LogP contribution in [0.2, 0.25) is 0 Å². The first-order valence-electron chi connectivity index (χ1n) is 6.30. The number of anilines is 1. The molecule has 1 fully saturated rings. The third-order valence-corrected chi connectivity index (χ3v) is 3.44. The Morgan fingerprint density at radius 3 is 3.06 bits per heavy atom. The number of carbonyl (C=O) groups is 1. The molecule has 2 atom stereocenters. The first-order chi connectivity index (χ1) is 8.65. The van der Waals surface area contributed by atoms with E-state index in [-0.39, 0.29) is 18.1 Å². The van der Waals surface area contributed by atoms with Crippen LogP contribution < -0.4 is 11.1 Å². The zero-order chi connectivity index (χ0) is 13.1. The van der Waals surface area contributed by atoms with Crippen LogP contribution in [-0.2, 0) is 11.3 Å². The number of nitrogens with one attached hydrogen (secondary N) is 1. The number of amides is 1. The lowest BCUT2D eigenvalue weighted by Gasteiger charge is -2.13. The Morgan fingerprint density at radius 1 is 1.67 bits per heavy atom. The number of nitrogen functional groups attached to an aromatic ring is 1. The zero-order valence-electron chi connectivity index (χ0n) is 10.8. The van der Waals surface area contributed by atoms with Gasteiger partial charge < -0.3 is 15.8 Å². The molecule has 0 saturated heterocycles. The van der Waals surface area contributed by atoms with Crippen LogP contribution in [0.4, 0.5) is 5.69 Å². The van der Waals surface area contributed by atoms with Crippen molar-refractivity contribution in [1.29, 1.82) is 0 Å². The lowest BCUT2D eigenvalue weighted by molar-refractivity contribution is 0.0906. The standard InChI is InChI=1S/C12H20N4O2/c1-3-16-11(10(13)7-14-16)12(17)15-8-4-5-9(6-8)18-2/h7-9H,3-6,13H2,1-2H3,(H,15,17). The molecule has 100 valence electrons. The van der Waals surface area contributed by atoms with Crippen LogP contribution >= 0.6 is 0 Å². The number of rotatable bonds is 4. The summed E-state index contributed by atoms with van der Waals surface area (Å²) in [7, 11) is 1.71. The lowest BCUT2D eigenvalue weighted by atomic mass is 10.2. The zero-order valence-corrected chi connectivity index (χ0v) is 10.8. The Bertz CT molecular complexity index is 430. The number of carbonyl (C=O) groups excluding carboxylic acids is 1. The highest BCUT2D eigenvalue weighted by Crippen LogP contribution is 2.22. The number of aryl methyl sites for hydroxylation is 1. The summed E-state index contributed by atoms with van der Waals surface area (Å²) in [5.74, 6) is -0.145. The number of aromatic nitrogens is 2. The molecule has 0 aromatic carbocycles. The van der Waals surface area contributed by atoms with Crippen molar-refractivity contribution in [3.63, 3.8) is 0 Å². The Balaban J connectivity index is 2.02. The predicted molar refractivity (Wildman–Crippen MR) is 68.2 cm³/mol. The third-order valence-electron chi connectivity index (χ3n) is 3.44. The van der Waals surface area contributed by atoms with E-state index in [1.54, 1.807) is 11.8 Å². The van der Waals surface area contributed by atoms with Crippen LogP contribution in [0.15, 0.2) is 6.20 Å². The van der Waals surface area contributed by atoms with Gasteiger partial charge in [0.05, 0.1) is 18.0 Å². The quantitative estimate of drug-likeness (QED) is 0.829. The molecule has 1 saturated carbocycles. The summed E-state index contributed by atoms with van der Waals surface area (Å²) in [6.45, 7) is 2.56. The molecule has 18 heavy (non-hydrogen) atoms. The van der Waals surface area contributed by atoms with Crippen LogP contribution in [0.3, 0.4) is 0 Å². The Kier molecular flexibility index (Phi) is 3.86. The minimum atomic E-state index is -0.145. The van der Waals surface area contributed by atoms with Gasteiger partial charge in [-0.2, -0.15) is 5.10 Å². The van der Waals surface area contributed by atoms with Gasteiger partial charge in [-0.1, -0.05) is 0 Å². The van der Waals surface area contributed by atoms with Gasteiger partial charge in [0.2, 0.25) is 0 Å². The van der Waals surface area contributed by atoms with Gasteiger partial charge in [-0.15, -0.1) is 0 Å². The molecule has 1 aromatic rings. The molecule has 0 aliphatic heterocycles. The van der Waals surface area contributed by atoms with Crippen LogP contribution in [0, 0.1) is 0 Å². The average molecular weight is 252 g/mol. The molecule has 0 bridgehead atoms. The van der Waals surface area contributed by atoms with Gasteiger partial charge in [-0.3, -0.25) is 9.48 Å². The van der Waals surface area contributed by atoms with E-state index in [4.69, 9.17) is 10.5 Å². The van der Waals surface area contributed by atoms with Gasteiger partial charge >= 0.3 is 0 Å². The van der Waals surface area contributed by atoms with Crippen molar-refractivity contribution in [2.75, 3.05) is 12.8 Å². The van der Waals surface area contributed by atoms with Gasteiger partial charge in [0.25, 0.3) is 5.91 Å². The summed E-state index contributed by atoms with van der Waals surface area (Å²) in [4.78, 5) is 12.2. The first-order valence-corrected chi connectivity index (χ1v) is 6.30. The maximum absolute atomic E-state index is 12.2. The van der Waals surface area contributed by atoms with Gasteiger partial charge in [0.1, 0.15) is 5.69 Å². The van der Waals surface area contributed by atoms with Crippen molar-refractivity contribution in [3.05, 3.63) is 11.9 Å². The van der Waals surface area contributed by atoms with E-state index in [1.165, 1.54) is 6.20 Å². The Morgan fingerprint density at radius 2 is 2.44 bits per heavy atom. The van der Waals surface area contributed by atoms with Crippen LogP contribution in [0.1, 0.15) is 36.7 Å². The summed E-state index contributed by atoms with van der Waals surface area (Å²) in [5.41, 5.74) is 6.66. The topological polar surface area (TPSA) is 82.2 Å². The molecule has 2 rings (SSSR count). The van der Waals surface area contributed by atoms with Crippen molar-refractivity contribution in [2.45, 2.75) is 44.9 Å². The number of nitrogens with zero attached hydrogens (tertiary/aromatic N) is 2. The fraction of sp³-hybridized carbons (Fsp3) is 0.667. The second-order valence-corrected chi connectivity index (χ2v) is 4.61. The summed E-state index contributed by atoms with van der Waals surface area (Å²) >= 11 is 0. The molecule has 6 nitrogen and oxygen atoms in total. The van der Waals surface area contributed by atoms with Crippen LogP contribution in [0.5, 0.6) is 0 Å². The second-order valence-electron chi connectivity index (χ2n) is 4.61. The summed E-state index contributed by atoms with van der Waals surface area (Å²) in [5, 5.41) is 7.07. The van der Waals surface area contributed by atoms with Crippen LogP contribution in [0.25, 0.3) is 0 Å². The highest BCUT2D eigenvalue weighted by atomic mass is 16.5. The van der Waals surface area contributed by atoms with E-state index >= 15 is 0 Å². The molecule has 1 aromatic heterocycles. The summed E-state index contributed by atoms with van der Waals surface area (Å²) in [6.07, 6.45) is 4.57. The number of methoxy groups -OCH3 is 1. The molecule has 1 aliphatic carbocycles. The number of ether oxygens (including phenoxy) is 1. The van der Waals surface area contributed by atoms with Crippen molar-refractivity contribution in [1.82, 2.24) is 15.1 Å². The highest BCUT2D eigenvalue weighted by Gasteiger charge is 2.27. The summed E-state index contributed by atoms with van der Waals surface area (Å²) in [6, 6.07) is 0.169. The third kappa shape index (κ3) is 2.48. The van der Waals surface area contributed by atoms with Crippen molar-refractivity contribution >= 4 is 11.6 Å². The van der Waals surface area contributed by atoms with Crippen molar-refractivity contribution < 1.29 is 9.53 Å². The molecule has 1 amide bonds. The maximum Gasteiger partial charge on any atom is 0.271 e. The van der Waals surface area contributed by atoms with Crippen molar-refractivity contribution in [2.24, 2.45) is 0 Å². The van der Waals surface area contributed by atoms with Gasteiger partial charge in [-0.05, 0) is 26.2 Å². The number of nitrogens with two attached hydrogens (primary N) is 1. The molecule has 6 heteroatoms. The normalized spacial score (nSPS) is 23.2. The van der Waals surface area contributed by atoms with Gasteiger partial charge in [0.15, 0.2) is 0 Å². The Hall–Kier alpha value is -1.56. The van der Waals surface area contributed by atoms with Gasteiger partial charge in [-0.25, -0.2) is 0 Å². The van der Waals surface area contributed by atoms with Gasteiger partial charge in [0, 0.05) is 19.7 Å². The fourth-order valence-electron chi connectivity index (χ4n) is 2.43. The smallest absolute Gasteiger partial charge is 0.271 e. The predicted octanol–water partition coefficient (Wildman–Crippen LogP) is 0.782. The lowest BCUT2D eigenvalue weighted by Crippen LogP contribution is -2.35. The molecular formula is C12H20N4O2. The molecule has 1 aliphatic rings. The molecule has 3 N–H and O–H groups in total. The van der Waals surface area contributed by atoms with E-state index in [2.05, 4.69) is 10.4 Å².